The zero-order chi connectivity index (χ0) is 12.3. The predicted molar refractivity (Wildman–Crippen MR) is 43.9 cm³/mol. The fraction of sp³-hybridized carbons (Fsp3) is 0.333. The number of urea groups is 1. The molecule has 0 aromatic heterocycles. The zero-order valence-corrected chi connectivity index (χ0v) is 7.76. The summed E-state index contributed by atoms with van der Waals surface area (Å²) < 4.78 is 0. The molecule has 0 saturated carbocycles. The molecule has 0 aromatic rings. The Hall–Kier alpha value is -2.20. The molecule has 16 heavy (non-hydrogen) atoms. The Labute approximate surface area is 88.1 Å². The van der Waals surface area contributed by atoms with E-state index in [9.17, 15) is 19.2 Å². The molecule has 5 N–H and O–H groups in total. The number of nitrogens with zero attached hydrogens (tertiary/aromatic N) is 1. The highest BCUT2D eigenvalue weighted by Gasteiger charge is 2.41. The maximum atomic E-state index is 11.2. The highest BCUT2D eigenvalue weighted by Crippen LogP contribution is 2.05. The topological polar surface area (TPSA) is 148 Å². The number of nitrogens with one attached hydrogen (secondary N) is 3. The molecule has 0 bridgehead atoms. The van der Waals surface area contributed by atoms with E-state index in [1.807, 2.05) is 0 Å². The maximum absolute atomic E-state index is 11.2. The minimum absolute atomic E-state index is 0.465. The zero-order valence-electron chi connectivity index (χ0n) is 7.76. The second-order valence-corrected chi connectivity index (χ2v) is 2.84. The highest BCUT2D eigenvalue weighted by molar-refractivity contribution is 6.14. The summed E-state index contributed by atoms with van der Waals surface area (Å²) in [5.74, 6) is -3.09. The molecule has 1 aliphatic rings. The largest absolute Gasteiger partial charge is 0.342 e. The van der Waals surface area contributed by atoms with Crippen molar-refractivity contribution in [3.63, 3.8) is 0 Å². The van der Waals surface area contributed by atoms with Gasteiger partial charge in [0.1, 0.15) is 6.54 Å². The van der Waals surface area contributed by atoms with Crippen LogP contribution >= 0.6 is 0 Å². The minimum atomic E-state index is -1.73. The van der Waals surface area contributed by atoms with Crippen LogP contribution in [-0.4, -0.2) is 51.7 Å². The molecule has 10 heteroatoms. The van der Waals surface area contributed by atoms with Gasteiger partial charge >= 0.3 is 6.03 Å². The number of carbonyl (C=O) groups excluding carboxylic acids is 4. The Balaban J connectivity index is 2.98. The van der Waals surface area contributed by atoms with Gasteiger partial charge in [-0.15, -0.1) is 0 Å². The summed E-state index contributed by atoms with van der Waals surface area (Å²) in [5, 5.41) is 18.5. The van der Waals surface area contributed by atoms with Crippen molar-refractivity contribution in [1.82, 2.24) is 21.2 Å². The first-order valence-corrected chi connectivity index (χ1v) is 3.99. The third-order valence-electron chi connectivity index (χ3n) is 1.85. The normalized spacial score (nSPS) is 20.1. The SMILES string of the molecule is O=C1CN(C(=O)NO)C(C(=O)NO)C(=O)N1. The van der Waals surface area contributed by atoms with Crippen molar-refractivity contribution in [1.29, 1.82) is 0 Å². The van der Waals surface area contributed by atoms with Crippen LogP contribution in [0.2, 0.25) is 0 Å². The van der Waals surface area contributed by atoms with E-state index >= 15 is 0 Å². The molecule has 1 rings (SSSR count). The number of rotatable bonds is 1. The molecular formula is C6H8N4O6. The lowest BCUT2D eigenvalue weighted by molar-refractivity contribution is -0.147. The summed E-state index contributed by atoms with van der Waals surface area (Å²) in [4.78, 5) is 44.8. The number of hydroxylamine groups is 2. The molecule has 1 fully saturated rings. The molecule has 0 aliphatic carbocycles. The van der Waals surface area contributed by atoms with Crippen LogP contribution < -0.4 is 16.3 Å². The molecule has 5 amide bonds. The summed E-state index contributed by atoms with van der Waals surface area (Å²) in [6.45, 7) is -0.601. The van der Waals surface area contributed by atoms with Crippen LogP contribution in [0.25, 0.3) is 0 Å². The van der Waals surface area contributed by atoms with Gasteiger partial charge < -0.3 is 0 Å². The molecule has 1 unspecified atom stereocenters. The van der Waals surface area contributed by atoms with Crippen LogP contribution in [0.4, 0.5) is 4.79 Å². The molecule has 0 radical (unpaired) electrons. The minimum Gasteiger partial charge on any atom is -0.293 e. The molecule has 1 aliphatic heterocycles. The molecule has 1 atom stereocenters. The summed E-state index contributed by atoms with van der Waals surface area (Å²) >= 11 is 0. The fourth-order valence-corrected chi connectivity index (χ4v) is 1.21. The third kappa shape index (κ3) is 2.07. The lowest BCUT2D eigenvalue weighted by Crippen LogP contribution is -2.65. The molecule has 0 aromatic carbocycles. The highest BCUT2D eigenvalue weighted by atomic mass is 16.5. The first kappa shape index (κ1) is 11.9. The van der Waals surface area contributed by atoms with Gasteiger partial charge in [0, 0.05) is 0 Å². The van der Waals surface area contributed by atoms with Gasteiger partial charge in [-0.05, 0) is 0 Å². The lowest BCUT2D eigenvalue weighted by Gasteiger charge is -2.31. The van der Waals surface area contributed by atoms with Crippen LogP contribution in [0.15, 0.2) is 0 Å². The average Bonchev–Trinajstić information content (AvgIpc) is 2.26. The van der Waals surface area contributed by atoms with Crippen molar-refractivity contribution in [3.05, 3.63) is 0 Å². The van der Waals surface area contributed by atoms with Crippen molar-refractivity contribution in [2.45, 2.75) is 6.04 Å². The van der Waals surface area contributed by atoms with Gasteiger partial charge in [-0.1, -0.05) is 0 Å². The number of hydrogen-bond donors (Lipinski definition) is 5. The van der Waals surface area contributed by atoms with Crippen molar-refractivity contribution in [3.8, 4) is 0 Å². The van der Waals surface area contributed by atoms with Crippen LogP contribution in [0.1, 0.15) is 0 Å². The van der Waals surface area contributed by atoms with Crippen molar-refractivity contribution < 1.29 is 29.6 Å². The standard InChI is InChI=1S/C6H8N4O6/c11-2-1-10(6(14)9-16)3(4(12)7-2)5(13)8-15/h3,15-16H,1H2,(H,8,13)(H,9,14)(H,7,11,12). The van der Waals surface area contributed by atoms with Gasteiger partial charge in [0.25, 0.3) is 11.8 Å². The first-order valence-electron chi connectivity index (χ1n) is 3.99. The van der Waals surface area contributed by atoms with Crippen LogP contribution in [0.3, 0.4) is 0 Å². The Morgan fingerprint density at radius 1 is 1.31 bits per heavy atom. The van der Waals surface area contributed by atoms with E-state index in [0.717, 1.165) is 0 Å². The second kappa shape index (κ2) is 4.55. The summed E-state index contributed by atoms with van der Waals surface area (Å²) in [7, 11) is 0. The van der Waals surface area contributed by atoms with Crippen molar-refractivity contribution in [2.24, 2.45) is 0 Å². The third-order valence-corrected chi connectivity index (χ3v) is 1.85. The number of piperazine rings is 1. The van der Waals surface area contributed by atoms with Crippen molar-refractivity contribution >= 4 is 23.8 Å². The van der Waals surface area contributed by atoms with E-state index in [1.165, 1.54) is 11.0 Å². The molecule has 88 valence electrons. The number of amides is 5. The number of hydrogen-bond acceptors (Lipinski definition) is 6. The van der Waals surface area contributed by atoms with E-state index < -0.39 is 36.3 Å². The fourth-order valence-electron chi connectivity index (χ4n) is 1.21. The van der Waals surface area contributed by atoms with Gasteiger partial charge in [-0.2, -0.15) is 0 Å². The van der Waals surface area contributed by atoms with Crippen molar-refractivity contribution in [2.75, 3.05) is 6.54 Å². The van der Waals surface area contributed by atoms with Gasteiger partial charge in [-0.25, -0.2) is 15.8 Å². The quantitative estimate of drug-likeness (QED) is 0.140. The average molecular weight is 232 g/mol. The van der Waals surface area contributed by atoms with Crippen LogP contribution in [0, 0.1) is 0 Å². The van der Waals surface area contributed by atoms with Gasteiger partial charge in [0.2, 0.25) is 5.91 Å². The molecule has 10 nitrogen and oxygen atoms in total. The Morgan fingerprint density at radius 2 is 1.94 bits per heavy atom. The number of carbonyl (C=O) groups is 4. The molecular weight excluding hydrogens is 224 g/mol. The monoisotopic (exact) mass is 232 g/mol. The molecule has 1 heterocycles. The van der Waals surface area contributed by atoms with E-state index in [1.54, 1.807) is 5.32 Å². The lowest BCUT2D eigenvalue weighted by atomic mass is 10.1. The van der Waals surface area contributed by atoms with E-state index in [-0.39, 0.29) is 0 Å². The Kier molecular flexibility index (Phi) is 3.37. The second-order valence-electron chi connectivity index (χ2n) is 2.84. The van der Waals surface area contributed by atoms with Crippen LogP contribution in [0.5, 0.6) is 0 Å². The van der Waals surface area contributed by atoms with Gasteiger partial charge in [0.15, 0.2) is 6.04 Å². The molecule has 0 spiro atoms. The summed E-state index contributed by atoms with van der Waals surface area (Å²) in [6, 6.07) is -2.94. The van der Waals surface area contributed by atoms with Crippen LogP contribution in [-0.2, 0) is 14.4 Å². The van der Waals surface area contributed by atoms with E-state index in [0.29, 0.717) is 4.90 Å². The summed E-state index contributed by atoms with van der Waals surface area (Å²) in [6.07, 6.45) is 0. The number of imide groups is 1. The first-order chi connectivity index (χ1) is 7.51. The van der Waals surface area contributed by atoms with Gasteiger partial charge in [-0.3, -0.25) is 35.0 Å². The summed E-state index contributed by atoms with van der Waals surface area (Å²) in [5.41, 5.74) is 2.35. The van der Waals surface area contributed by atoms with E-state index in [4.69, 9.17) is 10.4 Å². The maximum Gasteiger partial charge on any atom is 0.342 e. The molecule has 1 saturated heterocycles. The smallest absolute Gasteiger partial charge is 0.293 e. The Morgan fingerprint density at radius 3 is 2.44 bits per heavy atom. The van der Waals surface area contributed by atoms with E-state index in [2.05, 4.69) is 0 Å². The van der Waals surface area contributed by atoms with Gasteiger partial charge in [0.05, 0.1) is 0 Å². The Bertz CT molecular complexity index is 355. The predicted octanol–water partition coefficient (Wildman–Crippen LogP) is -3.08.